The molecule has 2 saturated heterocycles. The Kier molecular flexibility index (Phi) is 11.1. The molecule has 0 saturated carbocycles. The SMILES string of the molecule is CCCCCC(=O)CCC(=O)NC[C@@H]1[C@H](CC=CCCCC(=O)NC)[C@@H]2CC[C@H]1O2. The van der Waals surface area contributed by atoms with E-state index in [-0.39, 0.29) is 23.7 Å². The zero-order valence-corrected chi connectivity index (χ0v) is 18.8. The highest BCUT2D eigenvalue weighted by molar-refractivity contribution is 5.84. The van der Waals surface area contributed by atoms with Crippen LogP contribution in [-0.2, 0) is 19.1 Å². The second-order valence-corrected chi connectivity index (χ2v) is 8.69. The van der Waals surface area contributed by atoms with Crippen LogP contribution >= 0.6 is 0 Å². The Morgan fingerprint density at radius 3 is 2.40 bits per heavy atom. The summed E-state index contributed by atoms with van der Waals surface area (Å²) in [5.74, 6) is 1.05. The van der Waals surface area contributed by atoms with E-state index in [2.05, 4.69) is 29.7 Å². The number of hydrogen-bond donors (Lipinski definition) is 2. The summed E-state index contributed by atoms with van der Waals surface area (Å²) in [5, 5.41) is 5.69. The van der Waals surface area contributed by atoms with Crippen LogP contribution < -0.4 is 10.6 Å². The molecule has 2 N–H and O–H groups in total. The summed E-state index contributed by atoms with van der Waals surface area (Å²) < 4.78 is 6.11. The predicted octanol–water partition coefficient (Wildman–Crippen LogP) is 3.69. The van der Waals surface area contributed by atoms with Crippen molar-refractivity contribution in [3.05, 3.63) is 12.2 Å². The van der Waals surface area contributed by atoms with Gasteiger partial charge in [0.25, 0.3) is 0 Å². The zero-order valence-electron chi connectivity index (χ0n) is 18.8. The molecule has 0 aliphatic carbocycles. The van der Waals surface area contributed by atoms with Crippen molar-refractivity contribution >= 4 is 17.6 Å². The molecule has 2 heterocycles. The maximum absolute atomic E-state index is 12.2. The number of nitrogens with one attached hydrogen (secondary N) is 2. The van der Waals surface area contributed by atoms with Crippen molar-refractivity contribution in [2.75, 3.05) is 13.6 Å². The normalized spacial score (nSPS) is 25.0. The van der Waals surface area contributed by atoms with E-state index >= 15 is 0 Å². The molecule has 0 aromatic heterocycles. The summed E-state index contributed by atoms with van der Waals surface area (Å²) in [6.45, 7) is 2.76. The number of hydrogen-bond acceptors (Lipinski definition) is 4. The molecule has 6 nitrogen and oxygen atoms in total. The van der Waals surface area contributed by atoms with Gasteiger partial charge in [-0.2, -0.15) is 0 Å². The van der Waals surface area contributed by atoms with Crippen LogP contribution in [0.2, 0.25) is 0 Å². The fourth-order valence-electron chi connectivity index (χ4n) is 4.63. The van der Waals surface area contributed by atoms with Crippen molar-refractivity contribution in [2.24, 2.45) is 11.8 Å². The monoisotopic (exact) mass is 420 g/mol. The van der Waals surface area contributed by atoms with Gasteiger partial charge in [-0.05, 0) is 44.4 Å². The number of Topliss-reactive ketones (excluding diaryl/α,β-unsaturated/α-hetero) is 1. The molecule has 4 atom stereocenters. The maximum Gasteiger partial charge on any atom is 0.220 e. The Bertz CT molecular complexity index is 590. The highest BCUT2D eigenvalue weighted by Crippen LogP contribution is 2.44. The number of amides is 2. The third kappa shape index (κ3) is 8.21. The molecule has 0 radical (unpaired) electrons. The standard InChI is InChI=1S/C24H40N2O4/c1-3-4-7-10-18(27)13-16-24(29)26-17-20-19(21-14-15-22(20)30-21)11-8-5-6-9-12-23(28)25-2/h5,8,19-22H,3-4,6-7,9-17H2,1-2H3,(H,25,28)(H,26,29)/t19-,20+,21-,22+/m0/s1. The molecule has 2 amide bonds. The Hall–Kier alpha value is -1.69. The van der Waals surface area contributed by atoms with Crippen molar-refractivity contribution in [2.45, 2.75) is 96.2 Å². The first-order valence-electron chi connectivity index (χ1n) is 11.8. The molecule has 2 aliphatic heterocycles. The molecular formula is C24H40N2O4. The van der Waals surface area contributed by atoms with Gasteiger partial charge in [-0.25, -0.2) is 0 Å². The van der Waals surface area contributed by atoms with E-state index in [4.69, 9.17) is 4.74 Å². The van der Waals surface area contributed by atoms with Gasteiger partial charge in [0.2, 0.25) is 11.8 Å². The number of ketones is 1. The average molecular weight is 421 g/mol. The van der Waals surface area contributed by atoms with E-state index in [1.165, 1.54) is 0 Å². The minimum absolute atomic E-state index is 0.0230. The summed E-state index contributed by atoms with van der Waals surface area (Å²) in [6, 6.07) is 0. The zero-order chi connectivity index (χ0) is 21.8. The van der Waals surface area contributed by atoms with Gasteiger partial charge in [-0.3, -0.25) is 14.4 Å². The van der Waals surface area contributed by atoms with E-state index < -0.39 is 0 Å². The van der Waals surface area contributed by atoms with Crippen LogP contribution in [0, 0.1) is 11.8 Å². The Morgan fingerprint density at radius 2 is 1.67 bits per heavy atom. The average Bonchev–Trinajstić information content (AvgIpc) is 3.35. The van der Waals surface area contributed by atoms with Crippen LogP contribution in [0.1, 0.15) is 84.0 Å². The highest BCUT2D eigenvalue weighted by Gasteiger charge is 2.47. The van der Waals surface area contributed by atoms with Crippen LogP contribution in [0.5, 0.6) is 0 Å². The second kappa shape index (κ2) is 13.6. The van der Waals surface area contributed by atoms with Gasteiger partial charge >= 0.3 is 0 Å². The van der Waals surface area contributed by atoms with Crippen molar-refractivity contribution < 1.29 is 19.1 Å². The molecule has 2 bridgehead atoms. The van der Waals surface area contributed by atoms with Gasteiger partial charge < -0.3 is 15.4 Å². The fourth-order valence-corrected chi connectivity index (χ4v) is 4.63. The predicted molar refractivity (Wildman–Crippen MR) is 118 cm³/mol. The van der Waals surface area contributed by atoms with Crippen molar-refractivity contribution in [1.82, 2.24) is 10.6 Å². The van der Waals surface area contributed by atoms with E-state index in [0.29, 0.717) is 50.2 Å². The lowest BCUT2D eigenvalue weighted by Gasteiger charge is -2.27. The smallest absolute Gasteiger partial charge is 0.220 e. The highest BCUT2D eigenvalue weighted by atomic mass is 16.5. The van der Waals surface area contributed by atoms with Crippen molar-refractivity contribution in [3.63, 3.8) is 0 Å². The number of unbranched alkanes of at least 4 members (excludes halogenated alkanes) is 3. The maximum atomic E-state index is 12.2. The molecule has 6 heteroatoms. The minimum atomic E-state index is -0.0230. The fraction of sp³-hybridized carbons (Fsp3) is 0.792. The van der Waals surface area contributed by atoms with E-state index in [1.54, 1.807) is 7.05 Å². The van der Waals surface area contributed by atoms with Crippen LogP contribution in [0.25, 0.3) is 0 Å². The van der Waals surface area contributed by atoms with Crippen molar-refractivity contribution in [1.29, 1.82) is 0 Å². The molecule has 2 rings (SSSR count). The molecule has 0 aromatic carbocycles. The quantitative estimate of drug-likeness (QED) is 0.313. The third-order valence-corrected chi connectivity index (χ3v) is 6.44. The number of allylic oxidation sites excluding steroid dienone is 2. The van der Waals surface area contributed by atoms with Gasteiger partial charge in [0.1, 0.15) is 5.78 Å². The van der Waals surface area contributed by atoms with Crippen molar-refractivity contribution in [3.8, 4) is 0 Å². The lowest BCUT2D eigenvalue weighted by molar-refractivity contribution is -0.125. The second-order valence-electron chi connectivity index (χ2n) is 8.69. The third-order valence-electron chi connectivity index (χ3n) is 6.44. The molecular weight excluding hydrogens is 380 g/mol. The number of ether oxygens (including phenoxy) is 1. The first kappa shape index (κ1) is 24.6. The Balaban J connectivity index is 1.67. The summed E-state index contributed by atoms with van der Waals surface area (Å²) in [5.41, 5.74) is 0. The molecule has 2 fully saturated rings. The minimum Gasteiger partial charge on any atom is -0.374 e. The van der Waals surface area contributed by atoms with Crippen LogP contribution in [0.3, 0.4) is 0 Å². The molecule has 30 heavy (non-hydrogen) atoms. The molecule has 170 valence electrons. The number of fused-ring (bicyclic) bond motifs is 2. The lowest BCUT2D eigenvalue weighted by atomic mass is 9.77. The van der Waals surface area contributed by atoms with E-state index in [0.717, 1.165) is 51.4 Å². The number of carbonyl (C=O) groups excluding carboxylic acids is 3. The molecule has 2 aliphatic rings. The topological polar surface area (TPSA) is 84.5 Å². The van der Waals surface area contributed by atoms with Gasteiger partial charge in [0.05, 0.1) is 12.2 Å². The van der Waals surface area contributed by atoms with Gasteiger partial charge in [0.15, 0.2) is 0 Å². The van der Waals surface area contributed by atoms with Crippen LogP contribution in [-0.4, -0.2) is 43.4 Å². The van der Waals surface area contributed by atoms with E-state index in [9.17, 15) is 14.4 Å². The van der Waals surface area contributed by atoms with Crippen LogP contribution in [0.15, 0.2) is 12.2 Å². The molecule has 0 spiro atoms. The van der Waals surface area contributed by atoms with Crippen LogP contribution in [0.4, 0.5) is 0 Å². The summed E-state index contributed by atoms with van der Waals surface area (Å²) in [7, 11) is 1.66. The Morgan fingerprint density at radius 1 is 0.900 bits per heavy atom. The first-order valence-corrected chi connectivity index (χ1v) is 11.8. The molecule has 0 unspecified atom stereocenters. The number of rotatable bonds is 15. The van der Waals surface area contributed by atoms with Gasteiger partial charge in [-0.15, -0.1) is 0 Å². The lowest BCUT2D eigenvalue weighted by Crippen LogP contribution is -2.38. The van der Waals surface area contributed by atoms with Gasteiger partial charge in [-0.1, -0.05) is 31.9 Å². The first-order chi connectivity index (χ1) is 14.5. The summed E-state index contributed by atoms with van der Waals surface area (Å²) in [6.07, 6.45) is 14.7. The van der Waals surface area contributed by atoms with Gasteiger partial charge in [0, 0.05) is 45.2 Å². The summed E-state index contributed by atoms with van der Waals surface area (Å²) in [4.78, 5) is 35.3. The van der Waals surface area contributed by atoms with E-state index in [1.807, 2.05) is 0 Å². The molecule has 0 aromatic rings. The largest absolute Gasteiger partial charge is 0.374 e. The number of carbonyl (C=O) groups is 3. The Labute approximate surface area is 181 Å². The summed E-state index contributed by atoms with van der Waals surface area (Å²) >= 11 is 0.